The Morgan fingerprint density at radius 1 is 1.25 bits per heavy atom. The van der Waals surface area contributed by atoms with Gasteiger partial charge < -0.3 is 19.3 Å². The number of esters is 1. The molecule has 0 amide bonds. The van der Waals surface area contributed by atoms with E-state index in [0.29, 0.717) is 12.0 Å². The largest absolute Gasteiger partial charge is 0.462 e. The van der Waals surface area contributed by atoms with Crippen molar-refractivity contribution < 1.29 is 24.1 Å². The van der Waals surface area contributed by atoms with Gasteiger partial charge in [-0.1, -0.05) is 0 Å². The molecule has 20 heavy (non-hydrogen) atoms. The van der Waals surface area contributed by atoms with E-state index in [1.807, 2.05) is 34.6 Å². The van der Waals surface area contributed by atoms with Crippen molar-refractivity contribution in [1.29, 1.82) is 0 Å². The highest BCUT2D eigenvalue weighted by atomic mass is 16.6. The first kappa shape index (κ1) is 15.5. The van der Waals surface area contributed by atoms with Gasteiger partial charge in [-0.25, -0.2) is 4.79 Å². The first-order valence-corrected chi connectivity index (χ1v) is 7.19. The molecule has 2 rings (SSSR count). The van der Waals surface area contributed by atoms with Crippen LogP contribution in [0.2, 0.25) is 0 Å². The topological polar surface area (TPSA) is 65.0 Å². The van der Waals surface area contributed by atoms with Crippen molar-refractivity contribution in [2.24, 2.45) is 0 Å². The summed E-state index contributed by atoms with van der Waals surface area (Å²) in [5.74, 6) is -0.455. The summed E-state index contributed by atoms with van der Waals surface area (Å²) in [5.41, 5.74) is -0.264. The van der Waals surface area contributed by atoms with Crippen LogP contribution in [0, 0.1) is 0 Å². The summed E-state index contributed by atoms with van der Waals surface area (Å²) in [6, 6.07) is 0. The lowest BCUT2D eigenvalue weighted by Gasteiger charge is -2.37. The Bertz CT molecular complexity index is 426. The van der Waals surface area contributed by atoms with Crippen LogP contribution >= 0.6 is 0 Å². The second kappa shape index (κ2) is 5.47. The molecule has 0 saturated carbocycles. The van der Waals surface area contributed by atoms with Gasteiger partial charge in [0.05, 0.1) is 24.4 Å². The first-order chi connectivity index (χ1) is 9.27. The van der Waals surface area contributed by atoms with Crippen LogP contribution in [0.4, 0.5) is 0 Å². The van der Waals surface area contributed by atoms with Crippen LogP contribution in [0.15, 0.2) is 11.1 Å². The normalized spacial score (nSPS) is 33.9. The Balaban J connectivity index is 2.40. The van der Waals surface area contributed by atoms with E-state index >= 15 is 0 Å². The predicted octanol–water partition coefficient (Wildman–Crippen LogP) is 1.58. The monoisotopic (exact) mass is 284 g/mol. The highest BCUT2D eigenvalue weighted by molar-refractivity contribution is 5.94. The molecule has 1 fully saturated rings. The molecule has 0 radical (unpaired) electrons. The molecule has 0 spiro atoms. The van der Waals surface area contributed by atoms with Gasteiger partial charge in [0.15, 0.2) is 0 Å². The quantitative estimate of drug-likeness (QED) is 0.794. The number of fused-ring (bicyclic) bond motifs is 1. The number of ether oxygens (including phenoxy) is 3. The Morgan fingerprint density at radius 3 is 2.40 bits per heavy atom. The zero-order valence-corrected chi connectivity index (χ0v) is 12.8. The van der Waals surface area contributed by atoms with Crippen LogP contribution in [0.1, 0.15) is 41.0 Å². The summed E-state index contributed by atoms with van der Waals surface area (Å²) >= 11 is 0. The third kappa shape index (κ3) is 2.50. The van der Waals surface area contributed by atoms with E-state index in [1.54, 1.807) is 0 Å². The lowest BCUT2D eigenvalue weighted by Crippen LogP contribution is -2.52. The minimum absolute atomic E-state index is 0.0198. The SMILES string of the molecule is CC1=C2C(=O)OCC[C@@]2(O)[C@H](OC(C)C)[C@@H]1OC(C)C. The van der Waals surface area contributed by atoms with Gasteiger partial charge in [0, 0.05) is 6.42 Å². The number of hydrogen-bond donors (Lipinski definition) is 1. The molecule has 0 aromatic rings. The Hall–Kier alpha value is -0.910. The van der Waals surface area contributed by atoms with E-state index in [1.165, 1.54) is 0 Å². The summed E-state index contributed by atoms with van der Waals surface area (Å²) in [5, 5.41) is 11.0. The molecular formula is C15H24O5. The fourth-order valence-electron chi connectivity index (χ4n) is 3.02. The molecule has 1 aliphatic heterocycles. The molecule has 0 aromatic carbocycles. The van der Waals surface area contributed by atoms with E-state index in [0.717, 1.165) is 5.57 Å². The second-order valence-electron chi connectivity index (χ2n) is 6.08. The number of aliphatic hydroxyl groups is 1. The molecule has 1 saturated heterocycles. The molecule has 1 aliphatic carbocycles. The average Bonchev–Trinajstić information content (AvgIpc) is 2.50. The van der Waals surface area contributed by atoms with Crippen molar-refractivity contribution >= 4 is 5.97 Å². The van der Waals surface area contributed by atoms with Gasteiger partial charge in [0.1, 0.15) is 17.8 Å². The average molecular weight is 284 g/mol. The van der Waals surface area contributed by atoms with Crippen LogP contribution in [-0.4, -0.2) is 47.7 Å². The minimum Gasteiger partial charge on any atom is -0.462 e. The van der Waals surface area contributed by atoms with Crippen molar-refractivity contribution in [2.75, 3.05) is 6.61 Å². The van der Waals surface area contributed by atoms with Crippen LogP contribution in [0.3, 0.4) is 0 Å². The van der Waals surface area contributed by atoms with Crippen LogP contribution in [-0.2, 0) is 19.0 Å². The lowest BCUT2D eigenvalue weighted by molar-refractivity contribution is -0.176. The number of hydrogen-bond acceptors (Lipinski definition) is 5. The summed E-state index contributed by atoms with van der Waals surface area (Å²) in [6.07, 6.45) is -0.711. The summed E-state index contributed by atoms with van der Waals surface area (Å²) < 4.78 is 16.8. The van der Waals surface area contributed by atoms with Gasteiger partial charge in [-0.3, -0.25) is 0 Å². The third-order valence-corrected chi connectivity index (χ3v) is 3.76. The minimum atomic E-state index is -1.30. The maximum Gasteiger partial charge on any atom is 0.337 e. The lowest BCUT2D eigenvalue weighted by atomic mass is 9.87. The fourth-order valence-corrected chi connectivity index (χ4v) is 3.02. The summed E-state index contributed by atoms with van der Waals surface area (Å²) in [7, 11) is 0. The zero-order valence-electron chi connectivity index (χ0n) is 12.8. The van der Waals surface area contributed by atoms with Crippen molar-refractivity contribution in [3.05, 3.63) is 11.1 Å². The van der Waals surface area contributed by atoms with Crippen LogP contribution in [0.25, 0.3) is 0 Å². The maximum atomic E-state index is 12.0. The van der Waals surface area contributed by atoms with E-state index in [2.05, 4.69) is 0 Å². The predicted molar refractivity (Wildman–Crippen MR) is 73.2 cm³/mol. The molecule has 1 N–H and O–H groups in total. The second-order valence-corrected chi connectivity index (χ2v) is 6.08. The van der Waals surface area contributed by atoms with Crippen LogP contribution in [0.5, 0.6) is 0 Å². The molecule has 0 bridgehead atoms. The smallest absolute Gasteiger partial charge is 0.337 e. The fraction of sp³-hybridized carbons (Fsp3) is 0.800. The van der Waals surface area contributed by atoms with Crippen LogP contribution < -0.4 is 0 Å². The van der Waals surface area contributed by atoms with Crippen molar-refractivity contribution in [3.63, 3.8) is 0 Å². The number of carbonyl (C=O) groups is 1. The third-order valence-electron chi connectivity index (χ3n) is 3.76. The maximum absolute atomic E-state index is 12.0. The Labute approximate surface area is 119 Å². The van der Waals surface area contributed by atoms with Crippen molar-refractivity contribution in [1.82, 2.24) is 0 Å². The Morgan fingerprint density at radius 2 is 1.85 bits per heavy atom. The van der Waals surface area contributed by atoms with Gasteiger partial charge in [-0.2, -0.15) is 0 Å². The molecule has 0 unspecified atom stereocenters. The molecule has 2 aliphatic rings. The molecule has 1 heterocycles. The molecule has 3 atom stereocenters. The zero-order chi connectivity index (χ0) is 15.1. The van der Waals surface area contributed by atoms with Gasteiger partial charge in [-0.15, -0.1) is 0 Å². The number of carbonyl (C=O) groups excluding carboxylic acids is 1. The highest BCUT2D eigenvalue weighted by Gasteiger charge is 2.58. The van der Waals surface area contributed by atoms with Gasteiger partial charge >= 0.3 is 5.97 Å². The van der Waals surface area contributed by atoms with E-state index in [-0.39, 0.29) is 18.8 Å². The molecular weight excluding hydrogens is 260 g/mol. The number of cyclic esters (lactones) is 1. The molecule has 0 aromatic heterocycles. The Kier molecular flexibility index (Phi) is 4.23. The summed E-state index contributed by atoms with van der Waals surface area (Å²) in [6.45, 7) is 9.68. The van der Waals surface area contributed by atoms with Crippen molar-refractivity contribution in [3.8, 4) is 0 Å². The van der Waals surface area contributed by atoms with Gasteiger partial charge in [0.2, 0.25) is 0 Å². The molecule has 5 heteroatoms. The first-order valence-electron chi connectivity index (χ1n) is 7.19. The summed E-state index contributed by atoms with van der Waals surface area (Å²) in [4.78, 5) is 12.0. The van der Waals surface area contributed by atoms with E-state index in [4.69, 9.17) is 14.2 Å². The van der Waals surface area contributed by atoms with Gasteiger partial charge in [0.25, 0.3) is 0 Å². The van der Waals surface area contributed by atoms with E-state index in [9.17, 15) is 9.90 Å². The van der Waals surface area contributed by atoms with Crippen molar-refractivity contribution in [2.45, 2.75) is 71.1 Å². The molecule has 5 nitrogen and oxygen atoms in total. The highest BCUT2D eigenvalue weighted by Crippen LogP contribution is 2.45. The standard InChI is InChI=1S/C15H24O5/c1-8(2)19-12-10(5)11-14(16)18-7-6-15(11,17)13(12)20-9(3)4/h8-9,12-13,17H,6-7H2,1-5H3/t12-,13-,15+/m1/s1. The van der Waals surface area contributed by atoms with Gasteiger partial charge in [-0.05, 0) is 40.2 Å². The number of rotatable bonds is 4. The van der Waals surface area contributed by atoms with E-state index < -0.39 is 23.8 Å². The molecule has 114 valence electrons.